The van der Waals surface area contributed by atoms with Crippen LogP contribution in [0.15, 0.2) is 54.6 Å². The molecule has 1 heterocycles. The Labute approximate surface area is 165 Å². The second kappa shape index (κ2) is 6.31. The van der Waals surface area contributed by atoms with Gasteiger partial charge in [-0.05, 0) is 59.0 Å². The van der Waals surface area contributed by atoms with Crippen molar-refractivity contribution in [2.75, 3.05) is 5.32 Å². The van der Waals surface area contributed by atoms with Crippen LogP contribution in [0.4, 0.5) is 5.69 Å². The average molecular weight is 375 g/mol. The van der Waals surface area contributed by atoms with Gasteiger partial charge in [0.15, 0.2) is 12.5 Å². The lowest BCUT2D eigenvalue weighted by molar-refractivity contribution is -0.485. The second-order valence-corrected chi connectivity index (χ2v) is 8.53. The lowest BCUT2D eigenvalue weighted by Crippen LogP contribution is -2.54. The molecule has 0 aromatic heterocycles. The van der Waals surface area contributed by atoms with Gasteiger partial charge in [0, 0.05) is 11.6 Å². The molecule has 2 aliphatic rings. The van der Waals surface area contributed by atoms with Gasteiger partial charge in [-0.1, -0.05) is 56.3 Å². The van der Waals surface area contributed by atoms with Crippen LogP contribution >= 0.6 is 0 Å². The van der Waals surface area contributed by atoms with E-state index in [1.54, 1.807) is 0 Å². The monoisotopic (exact) mass is 375 g/mol. The van der Waals surface area contributed by atoms with Crippen LogP contribution in [0, 0.1) is 5.92 Å². The first-order valence-electron chi connectivity index (χ1n) is 9.87. The molecule has 1 fully saturated rings. The van der Waals surface area contributed by atoms with Gasteiger partial charge in [-0.2, -0.15) is 0 Å². The molecule has 2 atom stereocenters. The number of ether oxygens (including phenoxy) is 1. The Morgan fingerprint density at radius 3 is 2.36 bits per heavy atom. The molecule has 28 heavy (non-hydrogen) atoms. The smallest absolute Gasteiger partial charge is 0.196 e. The fraction of sp³-hybridized carbons (Fsp3) is 0.333. The van der Waals surface area contributed by atoms with Gasteiger partial charge in [0.1, 0.15) is 5.60 Å². The Morgan fingerprint density at radius 2 is 1.61 bits per heavy atom. The highest BCUT2D eigenvalue weighted by atomic mass is 17.2. The maximum absolute atomic E-state index is 6.18. The zero-order valence-electron chi connectivity index (χ0n) is 16.7. The number of rotatable bonds is 3. The molecule has 3 aromatic rings. The van der Waals surface area contributed by atoms with Crippen LogP contribution in [-0.2, 0) is 14.5 Å². The third-order valence-corrected chi connectivity index (χ3v) is 5.59. The first kappa shape index (κ1) is 17.7. The molecule has 2 unspecified atom stereocenters. The summed E-state index contributed by atoms with van der Waals surface area (Å²) < 4.78 is 6.18. The summed E-state index contributed by atoms with van der Waals surface area (Å²) in [6, 6.07) is 19.5. The Kier molecular flexibility index (Phi) is 3.98. The lowest BCUT2D eigenvalue weighted by atomic mass is 10.0. The molecule has 3 aromatic carbocycles. The average Bonchev–Trinajstić information content (AvgIpc) is 2.99. The predicted molar refractivity (Wildman–Crippen MR) is 112 cm³/mol. The first-order valence-corrected chi connectivity index (χ1v) is 9.87. The van der Waals surface area contributed by atoms with Crippen LogP contribution in [-0.4, -0.2) is 18.1 Å². The van der Waals surface area contributed by atoms with Crippen LogP contribution in [0.5, 0.6) is 0 Å². The summed E-state index contributed by atoms with van der Waals surface area (Å²) in [4.78, 5) is 11.1. The van der Waals surface area contributed by atoms with Crippen molar-refractivity contribution >= 4 is 16.5 Å². The number of anilines is 1. The summed E-state index contributed by atoms with van der Waals surface area (Å²) in [6.45, 7) is 8.04. The van der Waals surface area contributed by atoms with E-state index in [4.69, 9.17) is 14.5 Å². The maximum Gasteiger partial charge on any atom is 0.196 e. The molecule has 0 spiro atoms. The van der Waals surface area contributed by atoms with Gasteiger partial charge in [-0.25, -0.2) is 9.78 Å². The van der Waals surface area contributed by atoms with Crippen LogP contribution in [0.1, 0.15) is 27.7 Å². The van der Waals surface area contributed by atoms with Crippen molar-refractivity contribution < 1.29 is 14.5 Å². The molecule has 1 saturated heterocycles. The summed E-state index contributed by atoms with van der Waals surface area (Å²) in [6.07, 6.45) is -0.716. The van der Waals surface area contributed by atoms with E-state index in [2.05, 4.69) is 73.8 Å². The summed E-state index contributed by atoms with van der Waals surface area (Å²) in [7, 11) is 0. The zero-order valence-corrected chi connectivity index (χ0v) is 16.7. The van der Waals surface area contributed by atoms with Crippen molar-refractivity contribution in [3.8, 4) is 22.3 Å². The number of hydrogen-bond donors (Lipinski definition) is 1. The van der Waals surface area contributed by atoms with Crippen LogP contribution in [0.25, 0.3) is 33.0 Å². The van der Waals surface area contributed by atoms with Crippen molar-refractivity contribution in [2.24, 2.45) is 5.92 Å². The molecule has 144 valence electrons. The minimum Gasteiger partial charge on any atom is -0.358 e. The molecule has 4 heteroatoms. The molecule has 1 aliphatic carbocycles. The van der Waals surface area contributed by atoms with Crippen LogP contribution in [0.3, 0.4) is 0 Å². The molecule has 4 nitrogen and oxygen atoms in total. The van der Waals surface area contributed by atoms with Gasteiger partial charge in [-0.3, -0.25) is 0 Å². The van der Waals surface area contributed by atoms with E-state index in [1.807, 2.05) is 13.8 Å². The molecule has 5 rings (SSSR count). The summed E-state index contributed by atoms with van der Waals surface area (Å²) in [5.41, 5.74) is 5.55. The van der Waals surface area contributed by atoms with E-state index >= 15 is 0 Å². The van der Waals surface area contributed by atoms with E-state index in [1.165, 1.54) is 33.0 Å². The molecule has 1 N–H and O–H groups in total. The van der Waals surface area contributed by atoms with E-state index in [0.717, 1.165) is 5.69 Å². The third-order valence-electron chi connectivity index (χ3n) is 5.59. The number of fused-ring (bicyclic) bond motifs is 3. The van der Waals surface area contributed by atoms with Crippen molar-refractivity contribution in [1.82, 2.24) is 0 Å². The predicted octanol–water partition coefficient (Wildman–Crippen LogP) is 5.96. The first-order chi connectivity index (χ1) is 13.4. The van der Waals surface area contributed by atoms with E-state index in [-0.39, 0.29) is 12.1 Å². The van der Waals surface area contributed by atoms with Gasteiger partial charge in [0.05, 0.1) is 0 Å². The van der Waals surface area contributed by atoms with E-state index in [0.29, 0.717) is 0 Å². The van der Waals surface area contributed by atoms with Crippen LogP contribution < -0.4 is 5.32 Å². The van der Waals surface area contributed by atoms with Gasteiger partial charge < -0.3 is 10.1 Å². The fourth-order valence-electron chi connectivity index (χ4n) is 4.06. The zero-order chi connectivity index (χ0) is 19.5. The summed E-state index contributed by atoms with van der Waals surface area (Å²) in [5, 5.41) is 6.09. The number of nitrogens with one attached hydrogen (secondary N) is 1. The lowest BCUT2D eigenvalue weighted by Gasteiger charge is -2.42. The second-order valence-electron chi connectivity index (χ2n) is 8.53. The Morgan fingerprint density at radius 1 is 0.893 bits per heavy atom. The Balaban J connectivity index is 1.56. The van der Waals surface area contributed by atoms with E-state index in [9.17, 15) is 0 Å². The molecule has 0 saturated carbocycles. The van der Waals surface area contributed by atoms with Gasteiger partial charge in [-0.15, -0.1) is 0 Å². The number of benzene rings is 3. The summed E-state index contributed by atoms with van der Waals surface area (Å²) in [5.74, 6) is 0.198. The third kappa shape index (κ3) is 2.72. The van der Waals surface area contributed by atoms with Crippen molar-refractivity contribution in [3.63, 3.8) is 0 Å². The Bertz CT molecular complexity index is 1060. The Hall–Kier alpha value is -2.40. The van der Waals surface area contributed by atoms with Crippen molar-refractivity contribution in [2.45, 2.75) is 45.8 Å². The minimum atomic E-state index is -0.611. The van der Waals surface area contributed by atoms with Gasteiger partial charge in [0.2, 0.25) is 0 Å². The topological polar surface area (TPSA) is 39.7 Å². The standard InChI is InChI=1S/C24H25NO3/c1-14(2)22-26-23(24(3,4)28-27-22)25-16-12-15-8-7-11-19-17-9-5-6-10-18(17)20(13-16)21(15)19/h5-14,22-23,25H,1-4H3. The van der Waals surface area contributed by atoms with Crippen LogP contribution in [0.2, 0.25) is 0 Å². The molecule has 0 bridgehead atoms. The van der Waals surface area contributed by atoms with Gasteiger partial charge >= 0.3 is 0 Å². The van der Waals surface area contributed by atoms with Crippen molar-refractivity contribution in [1.29, 1.82) is 0 Å². The SMILES string of the molecule is CC(C)C1OOC(C)(C)C(Nc2cc3c4c(cccc4c2)-c2ccccc2-3)O1. The summed E-state index contributed by atoms with van der Waals surface area (Å²) >= 11 is 0. The molecule has 0 amide bonds. The molecular formula is C24H25NO3. The number of hydrogen-bond acceptors (Lipinski definition) is 4. The van der Waals surface area contributed by atoms with E-state index < -0.39 is 11.9 Å². The van der Waals surface area contributed by atoms with Crippen molar-refractivity contribution in [3.05, 3.63) is 54.6 Å². The maximum atomic E-state index is 6.18. The largest absolute Gasteiger partial charge is 0.358 e. The normalized spacial score (nSPS) is 22.5. The fourth-order valence-corrected chi connectivity index (χ4v) is 4.06. The highest BCUT2D eigenvalue weighted by molar-refractivity contribution is 6.16. The highest BCUT2D eigenvalue weighted by Crippen LogP contribution is 2.48. The highest BCUT2D eigenvalue weighted by Gasteiger charge is 2.41. The van der Waals surface area contributed by atoms with Gasteiger partial charge in [0.25, 0.3) is 0 Å². The molecular weight excluding hydrogens is 350 g/mol. The minimum absolute atomic E-state index is 0.198. The molecule has 1 aliphatic heterocycles. The quantitative estimate of drug-likeness (QED) is 0.448. The molecule has 0 radical (unpaired) electrons.